The molecule has 1 fully saturated rings. The number of carbonyl (C=O) groups is 1. The van der Waals surface area contributed by atoms with Crippen molar-refractivity contribution in [3.63, 3.8) is 0 Å². The summed E-state index contributed by atoms with van der Waals surface area (Å²) < 4.78 is 1.74. The second-order valence-electron chi connectivity index (χ2n) is 6.17. The molecular formula is C15H27ClN4O. The highest BCUT2D eigenvalue weighted by Gasteiger charge is 2.22. The van der Waals surface area contributed by atoms with Gasteiger partial charge in [-0.05, 0) is 18.8 Å². The number of nitrogens with zero attached hydrogens (tertiary/aromatic N) is 2. The number of nitrogens with one attached hydrogen (secondary N) is 1. The molecule has 0 bridgehead atoms. The molecule has 6 heteroatoms. The number of amides is 1. The Labute approximate surface area is 133 Å². The molecule has 1 aromatic rings. The number of rotatable bonds is 4. The van der Waals surface area contributed by atoms with E-state index < -0.39 is 6.04 Å². The van der Waals surface area contributed by atoms with Crippen LogP contribution in [-0.2, 0) is 11.8 Å². The zero-order valence-electron chi connectivity index (χ0n) is 13.1. The average Bonchev–Trinajstić information content (AvgIpc) is 2.80. The van der Waals surface area contributed by atoms with E-state index in [0.29, 0.717) is 5.92 Å². The van der Waals surface area contributed by atoms with Crippen molar-refractivity contribution in [2.45, 2.75) is 57.9 Å². The van der Waals surface area contributed by atoms with Gasteiger partial charge >= 0.3 is 0 Å². The van der Waals surface area contributed by atoms with E-state index in [1.807, 2.05) is 27.0 Å². The van der Waals surface area contributed by atoms with Crippen molar-refractivity contribution in [2.24, 2.45) is 18.7 Å². The third kappa shape index (κ3) is 4.45. The highest BCUT2D eigenvalue weighted by atomic mass is 35.5. The van der Waals surface area contributed by atoms with E-state index >= 15 is 0 Å². The van der Waals surface area contributed by atoms with Gasteiger partial charge < -0.3 is 11.1 Å². The predicted molar refractivity (Wildman–Crippen MR) is 87.7 cm³/mol. The molecule has 0 aromatic carbocycles. The van der Waals surface area contributed by atoms with Crippen molar-refractivity contribution < 1.29 is 4.79 Å². The minimum Gasteiger partial charge on any atom is -0.320 e. The number of carbonyl (C=O) groups excluding carboxylic acids is 1. The smallest absolute Gasteiger partial charge is 0.242 e. The van der Waals surface area contributed by atoms with Gasteiger partial charge in [0, 0.05) is 19.0 Å². The maximum atomic E-state index is 12.0. The van der Waals surface area contributed by atoms with Crippen LogP contribution in [0.2, 0.25) is 0 Å². The standard InChI is InChI=1S/C15H26N4O.ClH/c1-10(2)14(16)15(20)17-13-9-12(18-19(13)3)11-7-5-4-6-8-11;/h9-11,14H,4-8,16H2,1-3H3,(H,17,20);1H/t14-;/m0./s1. The molecule has 1 heterocycles. The summed E-state index contributed by atoms with van der Waals surface area (Å²) in [5, 5.41) is 7.44. The Kier molecular flexibility index (Phi) is 6.68. The van der Waals surface area contributed by atoms with Gasteiger partial charge in [-0.1, -0.05) is 33.1 Å². The molecule has 1 aliphatic carbocycles. The number of aromatic nitrogens is 2. The molecule has 1 amide bonds. The Balaban J connectivity index is 0.00000220. The van der Waals surface area contributed by atoms with E-state index in [4.69, 9.17) is 5.73 Å². The molecule has 1 aliphatic rings. The van der Waals surface area contributed by atoms with Gasteiger partial charge in [0.25, 0.3) is 0 Å². The first-order valence-electron chi connectivity index (χ1n) is 7.59. The van der Waals surface area contributed by atoms with Crippen LogP contribution in [0.1, 0.15) is 57.6 Å². The molecule has 1 aromatic heterocycles. The topological polar surface area (TPSA) is 72.9 Å². The van der Waals surface area contributed by atoms with Gasteiger partial charge in [-0.25, -0.2) is 0 Å². The van der Waals surface area contributed by atoms with Crippen molar-refractivity contribution in [3.05, 3.63) is 11.8 Å². The second kappa shape index (κ2) is 7.80. The first-order chi connectivity index (χ1) is 9.49. The summed E-state index contributed by atoms with van der Waals surface area (Å²) in [5.41, 5.74) is 6.96. The Hall–Kier alpha value is -1.07. The lowest BCUT2D eigenvalue weighted by Crippen LogP contribution is -2.40. The summed E-state index contributed by atoms with van der Waals surface area (Å²) in [6.45, 7) is 3.89. The lowest BCUT2D eigenvalue weighted by molar-refractivity contribution is -0.118. The Bertz CT molecular complexity index is 466. The number of hydrogen-bond donors (Lipinski definition) is 2. The Morgan fingerprint density at radius 3 is 2.57 bits per heavy atom. The lowest BCUT2D eigenvalue weighted by atomic mass is 9.87. The van der Waals surface area contributed by atoms with Crippen LogP contribution in [-0.4, -0.2) is 21.7 Å². The van der Waals surface area contributed by atoms with Crippen LogP contribution in [0.5, 0.6) is 0 Å². The molecule has 1 saturated carbocycles. The highest BCUT2D eigenvalue weighted by Crippen LogP contribution is 2.32. The van der Waals surface area contributed by atoms with Gasteiger partial charge in [0.15, 0.2) is 0 Å². The summed E-state index contributed by atoms with van der Waals surface area (Å²) in [7, 11) is 1.86. The summed E-state index contributed by atoms with van der Waals surface area (Å²) in [6, 6.07) is 1.52. The lowest BCUT2D eigenvalue weighted by Gasteiger charge is -2.19. The van der Waals surface area contributed by atoms with E-state index in [1.165, 1.54) is 32.1 Å². The fourth-order valence-corrected chi connectivity index (χ4v) is 2.72. The number of nitrogens with two attached hydrogens (primary N) is 1. The highest BCUT2D eigenvalue weighted by molar-refractivity contribution is 5.94. The molecule has 0 spiro atoms. The van der Waals surface area contributed by atoms with Crippen molar-refractivity contribution in [3.8, 4) is 0 Å². The predicted octanol–water partition coefficient (Wildman–Crippen LogP) is 2.81. The van der Waals surface area contributed by atoms with Crippen LogP contribution in [0.15, 0.2) is 6.07 Å². The van der Waals surface area contributed by atoms with Gasteiger partial charge in [0.1, 0.15) is 5.82 Å². The minimum absolute atomic E-state index is 0. The van der Waals surface area contributed by atoms with Crippen molar-refractivity contribution in [1.29, 1.82) is 0 Å². The molecule has 0 aliphatic heterocycles. The first-order valence-corrected chi connectivity index (χ1v) is 7.59. The van der Waals surface area contributed by atoms with Crippen molar-refractivity contribution in [1.82, 2.24) is 9.78 Å². The molecule has 5 nitrogen and oxygen atoms in total. The summed E-state index contributed by atoms with van der Waals surface area (Å²) in [4.78, 5) is 12.0. The maximum Gasteiger partial charge on any atom is 0.242 e. The maximum absolute atomic E-state index is 12.0. The van der Waals surface area contributed by atoms with E-state index in [9.17, 15) is 4.79 Å². The number of aryl methyl sites for hydroxylation is 1. The van der Waals surface area contributed by atoms with Gasteiger partial charge in [-0.15, -0.1) is 12.4 Å². The molecule has 0 unspecified atom stereocenters. The van der Waals surface area contributed by atoms with Crippen LogP contribution in [0.25, 0.3) is 0 Å². The number of anilines is 1. The van der Waals surface area contributed by atoms with Gasteiger partial charge in [0.2, 0.25) is 5.91 Å². The fraction of sp³-hybridized carbons (Fsp3) is 0.733. The van der Waals surface area contributed by atoms with E-state index in [2.05, 4.69) is 10.4 Å². The normalized spacial score (nSPS) is 17.4. The molecular weight excluding hydrogens is 288 g/mol. The molecule has 21 heavy (non-hydrogen) atoms. The third-order valence-electron chi connectivity index (χ3n) is 4.19. The van der Waals surface area contributed by atoms with Crippen LogP contribution >= 0.6 is 12.4 Å². The van der Waals surface area contributed by atoms with E-state index in [1.54, 1.807) is 4.68 Å². The molecule has 2 rings (SSSR count). The Morgan fingerprint density at radius 2 is 2.00 bits per heavy atom. The summed E-state index contributed by atoms with van der Waals surface area (Å²) in [5.74, 6) is 1.27. The minimum atomic E-state index is -0.483. The molecule has 1 atom stereocenters. The molecule has 3 N–H and O–H groups in total. The Morgan fingerprint density at radius 1 is 1.38 bits per heavy atom. The molecule has 0 saturated heterocycles. The molecule has 120 valence electrons. The zero-order valence-corrected chi connectivity index (χ0v) is 13.9. The van der Waals surface area contributed by atoms with E-state index in [0.717, 1.165) is 11.5 Å². The van der Waals surface area contributed by atoms with Crippen molar-refractivity contribution >= 4 is 24.1 Å². The van der Waals surface area contributed by atoms with Gasteiger partial charge in [0.05, 0.1) is 11.7 Å². The SMILES string of the molecule is CC(C)[C@H](N)C(=O)Nc1cc(C2CCCCC2)nn1C.Cl. The van der Waals surface area contributed by atoms with Crippen LogP contribution < -0.4 is 11.1 Å². The second-order valence-corrected chi connectivity index (χ2v) is 6.17. The quantitative estimate of drug-likeness (QED) is 0.897. The largest absolute Gasteiger partial charge is 0.320 e. The summed E-state index contributed by atoms with van der Waals surface area (Å²) >= 11 is 0. The zero-order chi connectivity index (χ0) is 14.7. The first kappa shape index (κ1) is 18.0. The monoisotopic (exact) mass is 314 g/mol. The summed E-state index contributed by atoms with van der Waals surface area (Å²) in [6.07, 6.45) is 6.30. The van der Waals surface area contributed by atoms with Crippen LogP contribution in [0, 0.1) is 5.92 Å². The fourth-order valence-electron chi connectivity index (χ4n) is 2.72. The van der Waals surface area contributed by atoms with Gasteiger partial charge in [-0.2, -0.15) is 5.10 Å². The van der Waals surface area contributed by atoms with Crippen molar-refractivity contribution in [2.75, 3.05) is 5.32 Å². The molecule has 0 radical (unpaired) electrons. The van der Waals surface area contributed by atoms with Crippen LogP contribution in [0.3, 0.4) is 0 Å². The third-order valence-corrected chi connectivity index (χ3v) is 4.19. The number of hydrogen-bond acceptors (Lipinski definition) is 3. The van der Waals surface area contributed by atoms with E-state index in [-0.39, 0.29) is 24.2 Å². The van der Waals surface area contributed by atoms with Gasteiger partial charge in [-0.3, -0.25) is 9.48 Å². The number of halogens is 1. The van der Waals surface area contributed by atoms with Crippen LogP contribution in [0.4, 0.5) is 5.82 Å². The average molecular weight is 315 g/mol.